The van der Waals surface area contributed by atoms with Crippen LogP contribution in [0.3, 0.4) is 0 Å². The molecule has 0 bridgehead atoms. The van der Waals surface area contributed by atoms with Gasteiger partial charge in [-0.15, -0.1) is 0 Å². The van der Waals surface area contributed by atoms with Crippen LogP contribution in [0.5, 0.6) is 0 Å². The van der Waals surface area contributed by atoms with E-state index in [9.17, 15) is 14.0 Å². The van der Waals surface area contributed by atoms with Gasteiger partial charge in [0.15, 0.2) is 16.3 Å². The Morgan fingerprint density at radius 2 is 1.84 bits per heavy atom. The summed E-state index contributed by atoms with van der Waals surface area (Å²) in [5, 5.41) is 9.61. The topological polar surface area (TPSA) is 82.1 Å². The fourth-order valence-electron chi connectivity index (χ4n) is 2.59. The second-order valence-corrected chi connectivity index (χ2v) is 6.62. The maximum absolute atomic E-state index is 13.1. The van der Waals surface area contributed by atoms with E-state index >= 15 is 0 Å². The highest BCUT2D eigenvalue weighted by atomic mass is 32.2. The van der Waals surface area contributed by atoms with E-state index in [1.807, 2.05) is 0 Å². The van der Waals surface area contributed by atoms with E-state index in [1.54, 1.807) is 23.7 Å². The highest BCUT2D eigenvalue weighted by Crippen LogP contribution is 2.22. The van der Waals surface area contributed by atoms with Crippen LogP contribution in [-0.2, 0) is 20.6 Å². The third-order valence-electron chi connectivity index (χ3n) is 3.89. The van der Waals surface area contributed by atoms with Gasteiger partial charge in [-0.1, -0.05) is 23.9 Å². The van der Waals surface area contributed by atoms with Gasteiger partial charge in [-0.05, 0) is 17.7 Å². The lowest BCUT2D eigenvalue weighted by Crippen LogP contribution is -2.37. The van der Waals surface area contributed by atoms with E-state index in [0.29, 0.717) is 23.0 Å². The van der Waals surface area contributed by atoms with Gasteiger partial charge >= 0.3 is 5.69 Å². The molecule has 25 heavy (non-hydrogen) atoms. The number of aliphatic hydroxyl groups is 1. The molecule has 3 rings (SSSR count). The summed E-state index contributed by atoms with van der Waals surface area (Å²) in [7, 11) is 2.97. The van der Waals surface area contributed by atoms with Crippen molar-refractivity contribution in [3.63, 3.8) is 0 Å². The number of fused-ring (bicyclic) bond motifs is 1. The first-order valence-electron chi connectivity index (χ1n) is 7.58. The van der Waals surface area contributed by atoms with Gasteiger partial charge < -0.3 is 9.67 Å². The number of hydrogen-bond donors (Lipinski definition) is 1. The second kappa shape index (κ2) is 6.85. The van der Waals surface area contributed by atoms with E-state index < -0.39 is 11.2 Å². The summed E-state index contributed by atoms with van der Waals surface area (Å²) >= 11 is 1.29. The summed E-state index contributed by atoms with van der Waals surface area (Å²) in [6, 6.07) is 5.97. The monoisotopic (exact) mass is 364 g/mol. The molecule has 7 nitrogen and oxygen atoms in total. The van der Waals surface area contributed by atoms with E-state index in [1.165, 1.54) is 35.5 Å². The number of thioether (sulfide) groups is 1. The predicted octanol–water partition coefficient (Wildman–Crippen LogP) is 0.705. The SMILES string of the molecule is Cn1c(=O)c2c(nc(SCCO)n2Cc2ccc(F)cc2)n(C)c1=O. The van der Waals surface area contributed by atoms with Crippen LogP contribution >= 0.6 is 11.8 Å². The molecule has 9 heteroatoms. The third-order valence-corrected chi connectivity index (χ3v) is 4.85. The van der Waals surface area contributed by atoms with Gasteiger partial charge in [-0.2, -0.15) is 0 Å². The van der Waals surface area contributed by atoms with Gasteiger partial charge in [-0.25, -0.2) is 14.2 Å². The van der Waals surface area contributed by atoms with Crippen LogP contribution < -0.4 is 11.2 Å². The number of benzene rings is 1. The molecule has 0 radical (unpaired) electrons. The van der Waals surface area contributed by atoms with Crippen molar-refractivity contribution in [1.82, 2.24) is 18.7 Å². The molecule has 0 aliphatic heterocycles. The van der Waals surface area contributed by atoms with Gasteiger partial charge in [0.1, 0.15) is 5.82 Å². The normalized spacial score (nSPS) is 11.4. The van der Waals surface area contributed by atoms with Gasteiger partial charge in [-0.3, -0.25) is 13.9 Å². The highest BCUT2D eigenvalue weighted by molar-refractivity contribution is 7.99. The van der Waals surface area contributed by atoms with Crippen molar-refractivity contribution >= 4 is 22.9 Å². The van der Waals surface area contributed by atoms with E-state index in [2.05, 4.69) is 4.98 Å². The number of rotatable bonds is 5. The lowest BCUT2D eigenvalue weighted by atomic mass is 10.2. The molecule has 0 spiro atoms. The van der Waals surface area contributed by atoms with E-state index in [0.717, 1.165) is 10.1 Å². The minimum Gasteiger partial charge on any atom is -0.396 e. The minimum atomic E-state index is -0.456. The van der Waals surface area contributed by atoms with E-state index in [-0.39, 0.29) is 18.1 Å². The molecule has 3 aromatic rings. The number of imidazole rings is 1. The summed E-state index contributed by atoms with van der Waals surface area (Å²) < 4.78 is 17.2. The standard InChI is InChI=1S/C16H17FN4O3S/c1-19-13-12(14(23)20(2)16(19)24)21(15(18-13)25-8-7-22)9-10-3-5-11(17)6-4-10/h3-6,22H,7-9H2,1-2H3. The first-order valence-corrected chi connectivity index (χ1v) is 8.57. The summed E-state index contributed by atoms with van der Waals surface area (Å²) in [5.74, 6) is 0.0634. The lowest BCUT2D eigenvalue weighted by Gasteiger charge is -2.09. The van der Waals surface area contributed by atoms with Crippen molar-refractivity contribution in [2.45, 2.75) is 11.7 Å². The zero-order valence-corrected chi connectivity index (χ0v) is 14.6. The molecule has 0 aliphatic carbocycles. The van der Waals surface area contributed by atoms with Crippen molar-refractivity contribution in [3.8, 4) is 0 Å². The molecule has 0 amide bonds. The quantitative estimate of drug-likeness (QED) is 0.674. The Hall–Kier alpha value is -2.39. The molecule has 0 saturated heterocycles. The first-order chi connectivity index (χ1) is 11.9. The maximum Gasteiger partial charge on any atom is 0.332 e. The fraction of sp³-hybridized carbons (Fsp3) is 0.312. The second-order valence-electron chi connectivity index (χ2n) is 5.56. The number of aryl methyl sites for hydroxylation is 1. The largest absolute Gasteiger partial charge is 0.396 e. The van der Waals surface area contributed by atoms with Crippen LogP contribution in [0.25, 0.3) is 11.2 Å². The molecule has 1 aromatic carbocycles. The molecule has 2 aromatic heterocycles. The molecule has 0 aliphatic rings. The summed E-state index contributed by atoms with van der Waals surface area (Å²) in [5.41, 5.74) is 0.485. The van der Waals surface area contributed by atoms with Gasteiger partial charge in [0.25, 0.3) is 5.56 Å². The smallest absolute Gasteiger partial charge is 0.332 e. The van der Waals surface area contributed by atoms with Crippen LogP contribution in [0.1, 0.15) is 5.56 Å². The van der Waals surface area contributed by atoms with Crippen LogP contribution in [0.2, 0.25) is 0 Å². The van der Waals surface area contributed by atoms with Crippen LogP contribution in [-0.4, -0.2) is 36.2 Å². The third kappa shape index (κ3) is 3.12. The Morgan fingerprint density at radius 1 is 1.16 bits per heavy atom. The Bertz CT molecular complexity index is 1040. The molecule has 2 heterocycles. The number of hydrogen-bond acceptors (Lipinski definition) is 5. The predicted molar refractivity (Wildman–Crippen MR) is 93.5 cm³/mol. The summed E-state index contributed by atoms with van der Waals surface area (Å²) in [4.78, 5) is 29.2. The van der Waals surface area contributed by atoms with Gasteiger partial charge in [0.05, 0.1) is 13.2 Å². The van der Waals surface area contributed by atoms with E-state index in [4.69, 9.17) is 5.11 Å². The van der Waals surface area contributed by atoms with Crippen molar-refractivity contribution in [1.29, 1.82) is 0 Å². The highest BCUT2D eigenvalue weighted by Gasteiger charge is 2.19. The van der Waals surface area contributed by atoms with Gasteiger partial charge in [0, 0.05) is 19.8 Å². The Kier molecular flexibility index (Phi) is 4.78. The molecule has 0 saturated carbocycles. The average Bonchev–Trinajstić information content (AvgIpc) is 2.96. The first kappa shape index (κ1) is 17.4. The number of halogens is 1. The summed E-state index contributed by atoms with van der Waals surface area (Å²) in [6.07, 6.45) is 0. The maximum atomic E-state index is 13.1. The molecule has 1 N–H and O–H groups in total. The lowest BCUT2D eigenvalue weighted by molar-refractivity contribution is 0.322. The van der Waals surface area contributed by atoms with Crippen molar-refractivity contribution in [2.75, 3.05) is 12.4 Å². The molecule has 0 fully saturated rings. The van der Waals surface area contributed by atoms with Crippen LogP contribution in [0.4, 0.5) is 4.39 Å². The van der Waals surface area contributed by atoms with Crippen LogP contribution in [0.15, 0.2) is 39.0 Å². The Morgan fingerprint density at radius 3 is 2.48 bits per heavy atom. The van der Waals surface area contributed by atoms with Crippen molar-refractivity contribution < 1.29 is 9.50 Å². The average molecular weight is 364 g/mol. The zero-order valence-electron chi connectivity index (χ0n) is 13.8. The van der Waals surface area contributed by atoms with Crippen molar-refractivity contribution in [2.24, 2.45) is 14.1 Å². The fourth-order valence-corrected chi connectivity index (χ4v) is 3.33. The van der Waals surface area contributed by atoms with Crippen LogP contribution in [0, 0.1) is 5.82 Å². The van der Waals surface area contributed by atoms with Gasteiger partial charge in [0.2, 0.25) is 0 Å². The summed E-state index contributed by atoms with van der Waals surface area (Å²) in [6.45, 7) is 0.263. The molecule has 0 atom stereocenters. The minimum absolute atomic E-state index is 0.0403. The number of aliphatic hydroxyl groups excluding tert-OH is 1. The van der Waals surface area contributed by atoms with Crippen molar-refractivity contribution in [3.05, 3.63) is 56.5 Å². The zero-order chi connectivity index (χ0) is 18.1. The molecule has 0 unspecified atom stereocenters. The molecule has 132 valence electrons. The number of aromatic nitrogens is 4. The Labute approximate surface area is 146 Å². The number of nitrogens with zero attached hydrogens (tertiary/aromatic N) is 4. The molecular formula is C16H17FN4O3S. The Balaban J connectivity index is 2.24. The molecular weight excluding hydrogens is 347 g/mol.